The third kappa shape index (κ3) is 2.66. The van der Waals surface area contributed by atoms with Gasteiger partial charge in [0, 0.05) is 36.7 Å². The van der Waals surface area contributed by atoms with Crippen LogP contribution < -0.4 is 5.32 Å². The van der Waals surface area contributed by atoms with E-state index >= 15 is 0 Å². The molecule has 0 aliphatic carbocycles. The molecule has 0 saturated heterocycles. The lowest BCUT2D eigenvalue weighted by Crippen LogP contribution is -2.18. The minimum Gasteiger partial charge on any atom is -0.361 e. The standard InChI is InChI=1S/C16H17N3/c1-12(15-3-2-7-17-11-15)19-10-13-4-5-14-6-8-18-16(14)9-13/h2-9,11-12,18-19H,10H2,1H3/t12-/m1/s1. The van der Waals surface area contributed by atoms with E-state index in [0.717, 1.165) is 6.54 Å². The smallest absolute Gasteiger partial charge is 0.0457 e. The highest BCUT2D eigenvalue weighted by atomic mass is 14.9. The lowest BCUT2D eigenvalue weighted by atomic mass is 10.1. The van der Waals surface area contributed by atoms with Crippen molar-refractivity contribution in [1.82, 2.24) is 15.3 Å². The Balaban J connectivity index is 1.68. The molecule has 0 aliphatic heterocycles. The molecule has 3 aromatic rings. The molecule has 1 atom stereocenters. The first-order valence-electron chi connectivity index (χ1n) is 6.52. The van der Waals surface area contributed by atoms with E-state index in [-0.39, 0.29) is 0 Å². The van der Waals surface area contributed by atoms with Crippen molar-refractivity contribution in [2.75, 3.05) is 0 Å². The average Bonchev–Trinajstić information content (AvgIpc) is 2.93. The van der Waals surface area contributed by atoms with Crippen molar-refractivity contribution in [1.29, 1.82) is 0 Å². The quantitative estimate of drug-likeness (QED) is 0.746. The first-order valence-corrected chi connectivity index (χ1v) is 6.52. The number of aromatic amines is 1. The van der Waals surface area contributed by atoms with Crippen LogP contribution in [0.1, 0.15) is 24.1 Å². The number of hydrogen-bond acceptors (Lipinski definition) is 2. The number of benzene rings is 1. The van der Waals surface area contributed by atoms with Gasteiger partial charge in [-0.15, -0.1) is 0 Å². The molecule has 0 radical (unpaired) electrons. The number of rotatable bonds is 4. The minimum absolute atomic E-state index is 0.299. The molecule has 2 heterocycles. The topological polar surface area (TPSA) is 40.7 Å². The van der Waals surface area contributed by atoms with Gasteiger partial charge in [-0.1, -0.05) is 18.2 Å². The van der Waals surface area contributed by atoms with E-state index in [2.05, 4.69) is 52.5 Å². The number of hydrogen-bond donors (Lipinski definition) is 2. The molecule has 0 saturated carbocycles. The predicted molar refractivity (Wildman–Crippen MR) is 77.8 cm³/mol. The summed E-state index contributed by atoms with van der Waals surface area (Å²) in [6, 6.07) is 13.0. The fourth-order valence-electron chi connectivity index (χ4n) is 2.23. The molecule has 0 aliphatic rings. The fourth-order valence-corrected chi connectivity index (χ4v) is 2.23. The molecule has 96 valence electrons. The summed E-state index contributed by atoms with van der Waals surface area (Å²) in [7, 11) is 0. The van der Waals surface area contributed by atoms with Crippen LogP contribution in [0.3, 0.4) is 0 Å². The molecular weight excluding hydrogens is 234 g/mol. The van der Waals surface area contributed by atoms with Crippen LogP contribution in [0.4, 0.5) is 0 Å². The number of pyridine rings is 1. The first kappa shape index (κ1) is 11.9. The van der Waals surface area contributed by atoms with Gasteiger partial charge >= 0.3 is 0 Å². The van der Waals surface area contributed by atoms with Gasteiger partial charge in [0.2, 0.25) is 0 Å². The Labute approximate surface area is 112 Å². The van der Waals surface area contributed by atoms with Gasteiger partial charge in [0.15, 0.2) is 0 Å². The third-order valence-corrected chi connectivity index (χ3v) is 3.42. The molecular formula is C16H17N3. The molecule has 1 aromatic carbocycles. The molecule has 3 rings (SSSR count). The Morgan fingerprint density at radius 3 is 3.05 bits per heavy atom. The predicted octanol–water partition coefficient (Wildman–Crippen LogP) is 3.41. The second-order valence-electron chi connectivity index (χ2n) is 4.79. The van der Waals surface area contributed by atoms with E-state index in [1.165, 1.54) is 22.0 Å². The van der Waals surface area contributed by atoms with Crippen molar-refractivity contribution >= 4 is 10.9 Å². The monoisotopic (exact) mass is 251 g/mol. The molecule has 19 heavy (non-hydrogen) atoms. The van der Waals surface area contributed by atoms with Crippen LogP contribution in [0.2, 0.25) is 0 Å². The second-order valence-corrected chi connectivity index (χ2v) is 4.79. The largest absolute Gasteiger partial charge is 0.361 e. The maximum absolute atomic E-state index is 4.15. The first-order chi connectivity index (χ1) is 9.33. The average molecular weight is 251 g/mol. The van der Waals surface area contributed by atoms with Crippen molar-refractivity contribution in [3.63, 3.8) is 0 Å². The van der Waals surface area contributed by atoms with E-state index in [0.29, 0.717) is 6.04 Å². The van der Waals surface area contributed by atoms with Gasteiger partial charge in [0.25, 0.3) is 0 Å². The summed E-state index contributed by atoms with van der Waals surface area (Å²) >= 11 is 0. The van der Waals surface area contributed by atoms with Crippen molar-refractivity contribution in [2.45, 2.75) is 19.5 Å². The summed E-state index contributed by atoms with van der Waals surface area (Å²) in [4.78, 5) is 7.39. The minimum atomic E-state index is 0.299. The summed E-state index contributed by atoms with van der Waals surface area (Å²) in [5, 5.41) is 4.77. The molecule has 2 aromatic heterocycles. The molecule has 2 N–H and O–H groups in total. The van der Waals surface area contributed by atoms with Crippen LogP contribution in [0.5, 0.6) is 0 Å². The van der Waals surface area contributed by atoms with E-state index < -0.39 is 0 Å². The normalized spacial score (nSPS) is 12.7. The Hall–Kier alpha value is -2.13. The summed E-state index contributed by atoms with van der Waals surface area (Å²) in [5.41, 5.74) is 3.68. The maximum Gasteiger partial charge on any atom is 0.0457 e. The van der Waals surface area contributed by atoms with Gasteiger partial charge in [-0.05, 0) is 41.6 Å². The van der Waals surface area contributed by atoms with Gasteiger partial charge < -0.3 is 10.3 Å². The molecule has 3 heteroatoms. The number of nitrogens with one attached hydrogen (secondary N) is 2. The zero-order valence-corrected chi connectivity index (χ0v) is 10.9. The van der Waals surface area contributed by atoms with Crippen molar-refractivity contribution in [3.05, 3.63) is 66.1 Å². The Morgan fingerprint density at radius 2 is 2.21 bits per heavy atom. The highest BCUT2D eigenvalue weighted by molar-refractivity contribution is 5.79. The number of fused-ring (bicyclic) bond motifs is 1. The molecule has 0 spiro atoms. The zero-order valence-electron chi connectivity index (χ0n) is 10.9. The van der Waals surface area contributed by atoms with Crippen molar-refractivity contribution in [3.8, 4) is 0 Å². The van der Waals surface area contributed by atoms with E-state index in [1.54, 1.807) is 6.20 Å². The molecule has 0 amide bonds. The Kier molecular flexibility index (Phi) is 3.29. The summed E-state index contributed by atoms with van der Waals surface area (Å²) < 4.78 is 0. The number of aromatic nitrogens is 2. The third-order valence-electron chi connectivity index (χ3n) is 3.42. The van der Waals surface area contributed by atoms with Crippen LogP contribution >= 0.6 is 0 Å². The van der Waals surface area contributed by atoms with Gasteiger partial charge in [-0.3, -0.25) is 4.98 Å². The lowest BCUT2D eigenvalue weighted by molar-refractivity contribution is 0.573. The van der Waals surface area contributed by atoms with Crippen LogP contribution in [0, 0.1) is 0 Å². The number of H-pyrrole nitrogens is 1. The molecule has 3 nitrogen and oxygen atoms in total. The highest BCUT2D eigenvalue weighted by Gasteiger charge is 2.04. The zero-order chi connectivity index (χ0) is 13.1. The van der Waals surface area contributed by atoms with Gasteiger partial charge in [-0.25, -0.2) is 0 Å². The SMILES string of the molecule is C[C@@H](NCc1ccc2cc[nH]c2c1)c1cccnc1. The summed E-state index contributed by atoms with van der Waals surface area (Å²) in [6.45, 7) is 3.01. The van der Waals surface area contributed by atoms with Gasteiger partial charge in [-0.2, -0.15) is 0 Å². The van der Waals surface area contributed by atoms with Crippen LogP contribution in [0.25, 0.3) is 10.9 Å². The maximum atomic E-state index is 4.15. The Morgan fingerprint density at radius 1 is 1.26 bits per heavy atom. The van der Waals surface area contributed by atoms with Crippen LogP contribution in [-0.4, -0.2) is 9.97 Å². The van der Waals surface area contributed by atoms with Crippen LogP contribution in [0.15, 0.2) is 55.0 Å². The van der Waals surface area contributed by atoms with Crippen LogP contribution in [-0.2, 0) is 6.54 Å². The van der Waals surface area contributed by atoms with Gasteiger partial charge in [0.05, 0.1) is 0 Å². The van der Waals surface area contributed by atoms with E-state index in [4.69, 9.17) is 0 Å². The number of nitrogens with zero attached hydrogens (tertiary/aromatic N) is 1. The summed E-state index contributed by atoms with van der Waals surface area (Å²) in [6.07, 6.45) is 5.68. The Bertz CT molecular complexity index is 658. The summed E-state index contributed by atoms with van der Waals surface area (Å²) in [5.74, 6) is 0. The fraction of sp³-hybridized carbons (Fsp3) is 0.188. The van der Waals surface area contributed by atoms with Crippen molar-refractivity contribution < 1.29 is 0 Å². The molecule has 0 unspecified atom stereocenters. The lowest BCUT2D eigenvalue weighted by Gasteiger charge is -2.13. The van der Waals surface area contributed by atoms with E-state index in [9.17, 15) is 0 Å². The second kappa shape index (κ2) is 5.24. The molecule has 0 bridgehead atoms. The molecule has 0 fully saturated rings. The highest BCUT2D eigenvalue weighted by Crippen LogP contribution is 2.15. The van der Waals surface area contributed by atoms with Gasteiger partial charge in [0.1, 0.15) is 0 Å². The van der Waals surface area contributed by atoms with E-state index in [1.807, 2.05) is 18.5 Å². The van der Waals surface area contributed by atoms with Crippen molar-refractivity contribution in [2.24, 2.45) is 0 Å².